The van der Waals surface area contributed by atoms with Crippen molar-refractivity contribution in [1.29, 1.82) is 0 Å². The van der Waals surface area contributed by atoms with Gasteiger partial charge in [0.2, 0.25) is 0 Å². The first kappa shape index (κ1) is 14.2. The zero-order valence-electron chi connectivity index (χ0n) is 9.98. The van der Waals surface area contributed by atoms with Gasteiger partial charge in [0.05, 0.1) is 16.4 Å². The minimum absolute atomic E-state index is 0.279. The second-order valence-electron chi connectivity index (χ2n) is 4.75. The Morgan fingerprint density at radius 3 is 2.50 bits per heavy atom. The minimum atomic E-state index is -3.01. The Balaban J connectivity index is 2.07. The highest BCUT2D eigenvalue weighted by molar-refractivity contribution is 7.92. The molecule has 1 aromatic rings. The van der Waals surface area contributed by atoms with E-state index in [4.69, 9.17) is 23.2 Å². The van der Waals surface area contributed by atoms with Gasteiger partial charge < -0.3 is 0 Å². The van der Waals surface area contributed by atoms with Crippen LogP contribution in [0, 0.1) is 0 Å². The van der Waals surface area contributed by atoms with Crippen molar-refractivity contribution in [2.75, 3.05) is 5.75 Å². The van der Waals surface area contributed by atoms with E-state index in [2.05, 4.69) is 0 Å². The molecule has 18 heavy (non-hydrogen) atoms. The number of halogens is 2. The largest absolute Gasteiger partial charge is 0.228 e. The summed E-state index contributed by atoms with van der Waals surface area (Å²) in [6.07, 6.45) is 2.98. The molecule has 1 saturated heterocycles. The molecule has 2 nitrogen and oxygen atoms in total. The third-order valence-corrected chi connectivity index (χ3v) is 6.58. The zero-order valence-corrected chi connectivity index (χ0v) is 12.3. The first-order valence-corrected chi connectivity index (χ1v) is 8.62. The van der Waals surface area contributed by atoms with E-state index in [0.717, 1.165) is 18.4 Å². The van der Waals surface area contributed by atoms with Gasteiger partial charge in [0.1, 0.15) is 0 Å². The molecule has 0 radical (unpaired) electrons. The molecule has 0 bridgehead atoms. The lowest BCUT2D eigenvalue weighted by Gasteiger charge is -2.26. The molecular weight excluding hydrogens is 291 g/mol. The number of benzene rings is 1. The second kappa shape index (κ2) is 5.81. The van der Waals surface area contributed by atoms with Gasteiger partial charge in [-0.15, -0.1) is 11.6 Å². The summed E-state index contributed by atoms with van der Waals surface area (Å²) in [7, 11) is -3.01. The summed E-state index contributed by atoms with van der Waals surface area (Å²) in [6, 6.07) is 7.39. The van der Waals surface area contributed by atoms with Crippen LogP contribution in [-0.2, 0) is 16.3 Å². The van der Waals surface area contributed by atoms with Gasteiger partial charge in [-0.1, -0.05) is 30.2 Å². The van der Waals surface area contributed by atoms with Crippen LogP contribution < -0.4 is 0 Å². The molecule has 1 heterocycles. The molecule has 0 N–H and O–H groups in total. The van der Waals surface area contributed by atoms with Gasteiger partial charge >= 0.3 is 0 Å². The van der Waals surface area contributed by atoms with Crippen molar-refractivity contribution in [3.63, 3.8) is 0 Å². The normalized spacial score (nSPS) is 24.7. The molecule has 100 valence electrons. The monoisotopic (exact) mass is 306 g/mol. The fourth-order valence-corrected chi connectivity index (χ4v) is 5.24. The van der Waals surface area contributed by atoms with Crippen LogP contribution in [0.4, 0.5) is 0 Å². The van der Waals surface area contributed by atoms with Gasteiger partial charge in [0.25, 0.3) is 0 Å². The van der Waals surface area contributed by atoms with Crippen molar-refractivity contribution in [3.05, 3.63) is 34.9 Å². The predicted molar refractivity (Wildman–Crippen MR) is 76.2 cm³/mol. The fourth-order valence-electron chi connectivity index (χ4n) is 2.36. The van der Waals surface area contributed by atoms with Crippen molar-refractivity contribution in [1.82, 2.24) is 0 Å². The Bertz CT molecular complexity index is 496. The van der Waals surface area contributed by atoms with Gasteiger partial charge in [0, 0.05) is 5.02 Å². The van der Waals surface area contributed by atoms with Crippen LogP contribution in [0.2, 0.25) is 5.02 Å². The molecule has 2 unspecified atom stereocenters. The van der Waals surface area contributed by atoms with Gasteiger partial charge in [0.15, 0.2) is 9.84 Å². The highest BCUT2D eigenvalue weighted by Gasteiger charge is 2.34. The number of rotatable bonds is 3. The first-order chi connectivity index (χ1) is 8.49. The Morgan fingerprint density at radius 2 is 1.89 bits per heavy atom. The van der Waals surface area contributed by atoms with Crippen molar-refractivity contribution in [3.8, 4) is 0 Å². The summed E-state index contributed by atoms with van der Waals surface area (Å²) >= 11 is 12.1. The number of sulfone groups is 1. The third kappa shape index (κ3) is 3.40. The Morgan fingerprint density at radius 1 is 1.22 bits per heavy atom. The average Bonchev–Trinajstić information content (AvgIpc) is 2.31. The zero-order chi connectivity index (χ0) is 13.2. The van der Waals surface area contributed by atoms with Crippen LogP contribution in [0.1, 0.15) is 24.8 Å². The van der Waals surface area contributed by atoms with Gasteiger partial charge in [-0.2, -0.15) is 0 Å². The van der Waals surface area contributed by atoms with E-state index in [9.17, 15) is 8.42 Å². The van der Waals surface area contributed by atoms with E-state index in [1.807, 2.05) is 12.1 Å². The Kier molecular flexibility index (Phi) is 4.57. The van der Waals surface area contributed by atoms with Gasteiger partial charge in [-0.25, -0.2) is 8.42 Å². The van der Waals surface area contributed by atoms with E-state index in [0.29, 0.717) is 17.9 Å². The molecule has 0 amide bonds. The summed E-state index contributed by atoms with van der Waals surface area (Å²) in [5, 5.41) is -0.0739. The van der Waals surface area contributed by atoms with Crippen LogP contribution in [0.3, 0.4) is 0 Å². The molecule has 0 aromatic heterocycles. The maximum Gasteiger partial charge on any atom is 0.154 e. The third-order valence-electron chi connectivity index (χ3n) is 3.38. The summed E-state index contributed by atoms with van der Waals surface area (Å²) in [4.78, 5) is 0. The Labute approximate surface area is 118 Å². The lowest BCUT2D eigenvalue weighted by Crippen LogP contribution is -2.36. The molecule has 1 aliphatic rings. The lowest BCUT2D eigenvalue weighted by atomic mass is 10.0. The highest BCUT2D eigenvalue weighted by Crippen LogP contribution is 2.27. The van der Waals surface area contributed by atoms with Crippen LogP contribution in [0.25, 0.3) is 0 Å². The SMILES string of the molecule is O=S1(=O)CCCCC1C(Cl)Cc1ccc(Cl)cc1. The molecule has 2 atom stereocenters. The molecule has 0 saturated carbocycles. The molecular formula is C13H16Cl2O2S. The molecule has 5 heteroatoms. The number of hydrogen-bond donors (Lipinski definition) is 0. The smallest absolute Gasteiger partial charge is 0.154 e. The lowest BCUT2D eigenvalue weighted by molar-refractivity contribution is 0.529. The number of hydrogen-bond acceptors (Lipinski definition) is 2. The highest BCUT2D eigenvalue weighted by atomic mass is 35.5. The average molecular weight is 307 g/mol. The van der Waals surface area contributed by atoms with Gasteiger partial charge in [-0.05, 0) is 37.0 Å². The summed E-state index contributed by atoms with van der Waals surface area (Å²) in [5.74, 6) is 0.279. The van der Waals surface area contributed by atoms with Crippen molar-refractivity contribution in [2.45, 2.75) is 36.3 Å². The first-order valence-electron chi connectivity index (χ1n) is 6.09. The van der Waals surface area contributed by atoms with Crippen LogP contribution in [-0.4, -0.2) is 24.8 Å². The van der Waals surface area contributed by atoms with E-state index >= 15 is 0 Å². The molecule has 0 spiro atoms. The molecule has 0 aliphatic carbocycles. The summed E-state index contributed by atoms with van der Waals surface area (Å²) in [5.41, 5.74) is 1.03. The quantitative estimate of drug-likeness (QED) is 0.802. The Hall–Kier alpha value is -0.250. The minimum Gasteiger partial charge on any atom is -0.228 e. The maximum atomic E-state index is 12.0. The van der Waals surface area contributed by atoms with Crippen LogP contribution in [0.5, 0.6) is 0 Å². The van der Waals surface area contributed by atoms with Crippen LogP contribution in [0.15, 0.2) is 24.3 Å². The second-order valence-corrected chi connectivity index (χ2v) is 8.08. The molecule has 1 aromatic carbocycles. The molecule has 2 rings (SSSR count). The predicted octanol–water partition coefficient (Wildman–Crippen LogP) is 3.46. The van der Waals surface area contributed by atoms with Crippen molar-refractivity contribution < 1.29 is 8.42 Å². The van der Waals surface area contributed by atoms with E-state index in [1.54, 1.807) is 12.1 Å². The standard InChI is InChI=1S/C13H16Cl2O2S/c14-11-6-4-10(5-7-11)9-12(15)13-3-1-2-8-18(13,16)17/h4-7,12-13H,1-3,8-9H2. The summed E-state index contributed by atoms with van der Waals surface area (Å²) < 4.78 is 23.9. The molecule has 1 aliphatic heterocycles. The van der Waals surface area contributed by atoms with Crippen LogP contribution >= 0.6 is 23.2 Å². The molecule has 1 fully saturated rings. The number of alkyl halides is 1. The van der Waals surface area contributed by atoms with Crippen molar-refractivity contribution in [2.24, 2.45) is 0 Å². The van der Waals surface area contributed by atoms with E-state index < -0.39 is 15.1 Å². The van der Waals surface area contributed by atoms with Gasteiger partial charge in [-0.3, -0.25) is 0 Å². The topological polar surface area (TPSA) is 34.1 Å². The summed E-state index contributed by atoms with van der Waals surface area (Å²) in [6.45, 7) is 0. The maximum absolute atomic E-state index is 12.0. The fraction of sp³-hybridized carbons (Fsp3) is 0.538. The van der Waals surface area contributed by atoms with E-state index in [1.165, 1.54) is 0 Å². The van der Waals surface area contributed by atoms with Crippen molar-refractivity contribution >= 4 is 33.0 Å². The van der Waals surface area contributed by atoms with E-state index in [-0.39, 0.29) is 11.1 Å².